The minimum atomic E-state index is -0.680. The number of ether oxygens (including phenoxy) is 1. The van der Waals surface area contributed by atoms with Crippen molar-refractivity contribution in [2.75, 3.05) is 44.7 Å². The van der Waals surface area contributed by atoms with Crippen molar-refractivity contribution in [2.45, 2.75) is 6.92 Å². The largest absolute Gasteiger partial charge is 0.462 e. The van der Waals surface area contributed by atoms with Crippen molar-refractivity contribution in [3.8, 4) is 22.4 Å². The van der Waals surface area contributed by atoms with Gasteiger partial charge >= 0.3 is 5.97 Å². The molecule has 0 amide bonds. The van der Waals surface area contributed by atoms with E-state index in [1.165, 1.54) is 11.8 Å². The average Bonchev–Trinajstić information content (AvgIpc) is 3.28. The number of nitrogens with one attached hydrogen (secondary N) is 1. The van der Waals surface area contributed by atoms with Gasteiger partial charge in [-0.15, -0.1) is 0 Å². The highest BCUT2D eigenvalue weighted by atomic mass is 19.1. The van der Waals surface area contributed by atoms with Crippen LogP contribution < -0.4 is 4.90 Å². The minimum Gasteiger partial charge on any atom is -0.462 e. The molecule has 0 saturated carbocycles. The van der Waals surface area contributed by atoms with E-state index in [9.17, 15) is 4.79 Å². The van der Waals surface area contributed by atoms with Crippen molar-refractivity contribution >= 4 is 22.7 Å². The molecule has 8 heteroatoms. The van der Waals surface area contributed by atoms with Crippen LogP contribution in [0, 0.1) is 5.82 Å². The van der Waals surface area contributed by atoms with Crippen LogP contribution in [0.1, 0.15) is 17.3 Å². The van der Waals surface area contributed by atoms with Crippen molar-refractivity contribution in [1.82, 2.24) is 20.1 Å². The maximum absolute atomic E-state index is 15.2. The molecular weight excluding hydrogens is 433 g/mol. The maximum Gasteiger partial charge on any atom is 0.341 e. The molecule has 0 spiro atoms. The smallest absolute Gasteiger partial charge is 0.341 e. The molecule has 1 fully saturated rings. The molecule has 3 heterocycles. The van der Waals surface area contributed by atoms with Crippen LogP contribution in [0.4, 0.5) is 10.1 Å². The lowest BCUT2D eigenvalue weighted by atomic mass is 10.0. The van der Waals surface area contributed by atoms with Gasteiger partial charge in [-0.1, -0.05) is 24.3 Å². The summed E-state index contributed by atoms with van der Waals surface area (Å²) in [5.74, 6) is -1.30. The van der Waals surface area contributed by atoms with Crippen LogP contribution in [0.3, 0.4) is 0 Å². The number of benzene rings is 2. The van der Waals surface area contributed by atoms with Crippen molar-refractivity contribution in [2.24, 2.45) is 0 Å². The molecule has 34 heavy (non-hydrogen) atoms. The van der Waals surface area contributed by atoms with Gasteiger partial charge in [0.25, 0.3) is 0 Å². The Morgan fingerprint density at radius 3 is 2.59 bits per heavy atom. The molecule has 2 aromatic heterocycles. The van der Waals surface area contributed by atoms with E-state index in [0.717, 1.165) is 42.8 Å². The molecule has 1 aliphatic rings. The lowest BCUT2D eigenvalue weighted by Gasteiger charge is -2.34. The maximum atomic E-state index is 15.2. The fourth-order valence-corrected chi connectivity index (χ4v) is 4.29. The van der Waals surface area contributed by atoms with Crippen LogP contribution in [-0.2, 0) is 4.74 Å². The fourth-order valence-electron chi connectivity index (χ4n) is 4.29. The van der Waals surface area contributed by atoms with Crippen LogP contribution in [0.25, 0.3) is 33.4 Å². The van der Waals surface area contributed by atoms with Gasteiger partial charge in [0.2, 0.25) is 0 Å². The van der Waals surface area contributed by atoms with Gasteiger partial charge in [0.1, 0.15) is 11.5 Å². The van der Waals surface area contributed by atoms with Crippen LogP contribution in [0.2, 0.25) is 0 Å². The molecule has 0 aliphatic carbocycles. The molecule has 2 aromatic carbocycles. The number of H-pyrrole nitrogens is 1. The number of aromatic amines is 1. The third-order valence-corrected chi connectivity index (χ3v) is 6.23. The summed E-state index contributed by atoms with van der Waals surface area (Å²) in [6.45, 7) is 5.98. The number of anilines is 1. The highest BCUT2D eigenvalue weighted by molar-refractivity contribution is 5.95. The Bertz CT molecular complexity index is 1330. The monoisotopic (exact) mass is 459 g/mol. The van der Waals surface area contributed by atoms with Crippen LogP contribution in [0.5, 0.6) is 0 Å². The van der Waals surface area contributed by atoms with Crippen molar-refractivity contribution < 1.29 is 13.9 Å². The van der Waals surface area contributed by atoms with Gasteiger partial charge in [0.05, 0.1) is 12.2 Å². The highest BCUT2D eigenvalue weighted by Crippen LogP contribution is 2.32. The Kier molecular flexibility index (Phi) is 5.98. The summed E-state index contributed by atoms with van der Waals surface area (Å²) in [5, 5.41) is 8.22. The van der Waals surface area contributed by atoms with Crippen molar-refractivity contribution in [3.05, 3.63) is 66.1 Å². The third kappa shape index (κ3) is 4.12. The first-order chi connectivity index (χ1) is 16.5. The third-order valence-electron chi connectivity index (χ3n) is 6.23. The Morgan fingerprint density at radius 2 is 1.85 bits per heavy atom. The van der Waals surface area contributed by atoms with E-state index in [1.807, 2.05) is 6.07 Å². The number of likely N-dealkylation sites (N-methyl/N-ethyl adjacent to an activating group) is 1. The number of pyridine rings is 1. The first-order valence-electron chi connectivity index (χ1n) is 11.4. The van der Waals surface area contributed by atoms with Gasteiger partial charge in [-0.3, -0.25) is 5.10 Å². The molecule has 0 atom stereocenters. The molecule has 4 aromatic rings. The summed E-state index contributed by atoms with van der Waals surface area (Å²) in [5.41, 5.74) is 4.26. The van der Waals surface area contributed by atoms with Gasteiger partial charge < -0.3 is 14.5 Å². The second kappa shape index (κ2) is 9.23. The van der Waals surface area contributed by atoms with Crippen LogP contribution in [0.15, 0.2) is 54.7 Å². The lowest BCUT2D eigenvalue weighted by molar-refractivity contribution is 0.0521. The Hall–Kier alpha value is -3.78. The summed E-state index contributed by atoms with van der Waals surface area (Å²) in [6, 6.07) is 14.9. The van der Waals surface area contributed by atoms with Crippen LogP contribution in [-0.4, -0.2) is 65.9 Å². The highest BCUT2D eigenvalue weighted by Gasteiger charge is 2.19. The zero-order valence-corrected chi connectivity index (χ0v) is 19.2. The molecule has 174 valence electrons. The SMILES string of the molecule is CCOC(=O)c1cccc(-c2cnc3[nH]nc(-c4ccc(N5CCN(C)CC5)cc4)c3c2)c1F. The number of hydrogen-bond acceptors (Lipinski definition) is 6. The van der Waals surface area contributed by atoms with E-state index in [2.05, 4.69) is 56.3 Å². The number of fused-ring (bicyclic) bond motifs is 1. The summed E-state index contributed by atoms with van der Waals surface area (Å²) < 4.78 is 20.1. The molecule has 7 nitrogen and oxygen atoms in total. The summed E-state index contributed by atoms with van der Waals surface area (Å²) in [7, 11) is 2.14. The Balaban J connectivity index is 1.48. The van der Waals surface area contributed by atoms with Gasteiger partial charge in [-0.05, 0) is 38.2 Å². The second-order valence-corrected chi connectivity index (χ2v) is 8.42. The normalized spacial score (nSPS) is 14.5. The molecule has 0 bridgehead atoms. The number of carbonyl (C=O) groups excluding carboxylic acids is 1. The van der Waals surface area contributed by atoms with E-state index < -0.39 is 11.8 Å². The predicted octanol–water partition coefficient (Wildman–Crippen LogP) is 4.36. The van der Waals surface area contributed by atoms with E-state index >= 15 is 4.39 Å². The first-order valence-corrected chi connectivity index (χ1v) is 11.4. The van der Waals surface area contributed by atoms with E-state index in [-0.39, 0.29) is 17.7 Å². The molecule has 0 unspecified atom stereocenters. The quantitative estimate of drug-likeness (QED) is 0.447. The Morgan fingerprint density at radius 1 is 1.09 bits per heavy atom. The number of nitrogens with zero attached hydrogens (tertiary/aromatic N) is 4. The molecule has 1 aliphatic heterocycles. The summed E-state index contributed by atoms with van der Waals surface area (Å²) >= 11 is 0. The van der Waals surface area contributed by atoms with E-state index in [1.54, 1.807) is 25.3 Å². The number of esters is 1. The second-order valence-electron chi connectivity index (χ2n) is 8.42. The summed E-state index contributed by atoms with van der Waals surface area (Å²) in [6.07, 6.45) is 1.58. The lowest BCUT2D eigenvalue weighted by Crippen LogP contribution is -2.44. The number of halogens is 1. The standard InChI is InChI=1S/C26H26FN5O2/c1-3-34-26(33)21-6-4-5-20(23(21)27)18-15-22-24(29-30-25(22)28-16-18)17-7-9-19(10-8-17)32-13-11-31(2)12-14-32/h4-10,15-16H,3,11-14H2,1-2H3,(H,28,29,30). The number of aromatic nitrogens is 3. The van der Waals surface area contributed by atoms with Gasteiger partial charge in [-0.2, -0.15) is 5.10 Å². The van der Waals surface area contributed by atoms with Gasteiger partial charge in [0.15, 0.2) is 5.65 Å². The molecule has 0 radical (unpaired) electrons. The minimum absolute atomic E-state index is 0.0913. The molecule has 1 N–H and O–H groups in total. The number of hydrogen-bond donors (Lipinski definition) is 1. The first kappa shape index (κ1) is 22.0. The van der Waals surface area contributed by atoms with E-state index in [0.29, 0.717) is 11.2 Å². The van der Waals surface area contributed by atoms with E-state index in [4.69, 9.17) is 4.74 Å². The molecular formula is C26H26FN5O2. The van der Waals surface area contributed by atoms with Crippen LogP contribution >= 0.6 is 0 Å². The molecule has 1 saturated heterocycles. The number of rotatable bonds is 5. The van der Waals surface area contributed by atoms with Crippen molar-refractivity contribution in [1.29, 1.82) is 0 Å². The van der Waals surface area contributed by atoms with Gasteiger partial charge in [0, 0.05) is 60.1 Å². The van der Waals surface area contributed by atoms with Crippen molar-refractivity contribution in [3.63, 3.8) is 0 Å². The summed E-state index contributed by atoms with van der Waals surface area (Å²) in [4.78, 5) is 21.3. The Labute approximate surface area is 197 Å². The number of carbonyl (C=O) groups is 1. The zero-order valence-electron chi connectivity index (χ0n) is 19.2. The predicted molar refractivity (Wildman–Crippen MR) is 130 cm³/mol. The average molecular weight is 460 g/mol. The number of piperazine rings is 1. The topological polar surface area (TPSA) is 74.3 Å². The fraction of sp³-hybridized carbons (Fsp3) is 0.269. The van der Waals surface area contributed by atoms with Gasteiger partial charge in [-0.25, -0.2) is 14.2 Å². The zero-order chi connectivity index (χ0) is 23.7. The molecule has 5 rings (SSSR count).